The zero-order valence-electron chi connectivity index (χ0n) is 12.3. The van der Waals surface area contributed by atoms with Crippen LogP contribution in [0.3, 0.4) is 0 Å². The van der Waals surface area contributed by atoms with Gasteiger partial charge in [0.05, 0.1) is 5.25 Å². The molecule has 0 aromatic heterocycles. The van der Waals surface area contributed by atoms with Crippen LogP contribution in [0.25, 0.3) is 0 Å². The quantitative estimate of drug-likeness (QED) is 0.802. The maximum Gasteiger partial charge on any atom is 0.223 e. The van der Waals surface area contributed by atoms with Crippen molar-refractivity contribution < 1.29 is 13.2 Å². The van der Waals surface area contributed by atoms with Crippen LogP contribution in [0.5, 0.6) is 0 Å². The highest BCUT2D eigenvalue weighted by molar-refractivity contribution is 7.91. The Morgan fingerprint density at radius 1 is 1.05 bits per heavy atom. The number of rotatable bonds is 3. The number of amides is 1. The molecule has 0 N–H and O–H groups in total. The summed E-state index contributed by atoms with van der Waals surface area (Å²) in [6.45, 7) is 0. The van der Waals surface area contributed by atoms with Crippen molar-refractivity contribution in [3.63, 3.8) is 0 Å². The van der Waals surface area contributed by atoms with E-state index >= 15 is 0 Å². The smallest absolute Gasteiger partial charge is 0.223 e. The molecule has 2 saturated heterocycles. The second kappa shape index (κ2) is 5.32. The Balaban J connectivity index is 1.66. The van der Waals surface area contributed by atoms with Crippen molar-refractivity contribution in [1.29, 1.82) is 0 Å². The summed E-state index contributed by atoms with van der Waals surface area (Å²) in [5.74, 6) is 0.867. The lowest BCUT2D eigenvalue weighted by Crippen LogP contribution is -2.49. The van der Waals surface area contributed by atoms with Gasteiger partial charge < -0.3 is 4.90 Å². The van der Waals surface area contributed by atoms with Crippen molar-refractivity contribution >= 4 is 15.7 Å². The minimum atomic E-state index is -2.96. The fraction of sp³-hybridized carbons (Fsp3) is 0.933. The Morgan fingerprint density at radius 2 is 1.60 bits per heavy atom. The predicted molar refractivity (Wildman–Crippen MR) is 78.1 cm³/mol. The number of nitrogens with zero attached hydrogens (tertiary/aromatic N) is 1. The maximum atomic E-state index is 12.5. The zero-order valence-corrected chi connectivity index (χ0v) is 13.1. The molecule has 3 atom stereocenters. The highest BCUT2D eigenvalue weighted by Gasteiger charge is 2.45. The summed E-state index contributed by atoms with van der Waals surface area (Å²) in [4.78, 5) is 14.6. The Kier molecular flexibility index (Phi) is 3.82. The van der Waals surface area contributed by atoms with E-state index in [1.807, 2.05) is 0 Å². The molecule has 1 saturated carbocycles. The molecule has 2 aliphatic heterocycles. The molecule has 1 amide bonds. The first-order chi connectivity index (χ1) is 9.45. The van der Waals surface area contributed by atoms with Crippen LogP contribution in [0.15, 0.2) is 0 Å². The molecule has 1 aliphatic carbocycles. The number of fused-ring (bicyclic) bond motifs is 2. The maximum absolute atomic E-state index is 12.5. The van der Waals surface area contributed by atoms with E-state index in [1.54, 1.807) is 0 Å². The van der Waals surface area contributed by atoms with Crippen molar-refractivity contribution in [3.8, 4) is 0 Å². The van der Waals surface area contributed by atoms with Gasteiger partial charge in [0.1, 0.15) is 9.84 Å². The monoisotopic (exact) mass is 299 g/mol. The van der Waals surface area contributed by atoms with Gasteiger partial charge in [0.15, 0.2) is 0 Å². The molecule has 0 aromatic carbocycles. The predicted octanol–water partition coefficient (Wildman–Crippen LogP) is 2.13. The largest absolute Gasteiger partial charge is 0.337 e. The Hall–Kier alpha value is -0.580. The molecule has 2 heterocycles. The van der Waals surface area contributed by atoms with Gasteiger partial charge in [-0.3, -0.25) is 4.79 Å². The Labute approximate surface area is 121 Å². The molecule has 3 aliphatic rings. The van der Waals surface area contributed by atoms with Gasteiger partial charge in [0.25, 0.3) is 0 Å². The average molecular weight is 299 g/mol. The number of carbonyl (C=O) groups is 1. The van der Waals surface area contributed by atoms with Gasteiger partial charge in [-0.05, 0) is 44.4 Å². The molecule has 20 heavy (non-hydrogen) atoms. The fourth-order valence-corrected chi connectivity index (χ4v) is 5.59. The first kappa shape index (κ1) is 14.4. The van der Waals surface area contributed by atoms with Crippen molar-refractivity contribution in [2.45, 2.75) is 75.1 Å². The van der Waals surface area contributed by atoms with Crippen molar-refractivity contribution in [2.24, 2.45) is 5.92 Å². The number of hydrogen-bond donors (Lipinski definition) is 0. The standard InChI is InChI=1S/C15H25NO3S/c1-20(18,19)14-9-12-6-7-13(10-14)16(12)15(17)8-11-4-2-3-5-11/h11-14H,2-10H2,1H3/t12-,13+,14?. The summed E-state index contributed by atoms with van der Waals surface area (Å²) in [6.07, 6.45) is 10.3. The van der Waals surface area contributed by atoms with Gasteiger partial charge in [0, 0.05) is 24.8 Å². The lowest BCUT2D eigenvalue weighted by atomic mass is 9.98. The van der Waals surface area contributed by atoms with Gasteiger partial charge in [-0.2, -0.15) is 0 Å². The first-order valence-electron chi connectivity index (χ1n) is 7.95. The van der Waals surface area contributed by atoms with Gasteiger partial charge in [-0.1, -0.05) is 12.8 Å². The number of sulfone groups is 1. The molecule has 0 aromatic rings. The SMILES string of the molecule is CS(=O)(=O)C1C[C@H]2CC[C@@H](C1)N2C(=O)CC1CCCC1. The molecule has 114 valence electrons. The van der Waals surface area contributed by atoms with Crippen LogP contribution in [0.1, 0.15) is 57.8 Å². The van der Waals surface area contributed by atoms with E-state index < -0.39 is 9.84 Å². The molecule has 5 heteroatoms. The van der Waals surface area contributed by atoms with E-state index in [1.165, 1.54) is 31.9 Å². The molecule has 3 rings (SSSR count). The van der Waals surface area contributed by atoms with Gasteiger partial charge >= 0.3 is 0 Å². The summed E-state index contributed by atoms with van der Waals surface area (Å²) in [5.41, 5.74) is 0. The lowest BCUT2D eigenvalue weighted by Gasteiger charge is -2.38. The van der Waals surface area contributed by atoms with E-state index in [0.717, 1.165) is 12.8 Å². The molecule has 0 spiro atoms. The second-order valence-electron chi connectivity index (χ2n) is 6.96. The van der Waals surface area contributed by atoms with E-state index in [2.05, 4.69) is 4.90 Å². The van der Waals surface area contributed by atoms with Crippen LogP contribution in [-0.4, -0.2) is 42.8 Å². The van der Waals surface area contributed by atoms with Crippen molar-refractivity contribution in [3.05, 3.63) is 0 Å². The Bertz CT molecular complexity index is 467. The van der Waals surface area contributed by atoms with Crippen LogP contribution < -0.4 is 0 Å². The van der Waals surface area contributed by atoms with Gasteiger partial charge in [-0.15, -0.1) is 0 Å². The summed E-state index contributed by atoms with van der Waals surface area (Å²) < 4.78 is 23.5. The summed E-state index contributed by atoms with van der Waals surface area (Å²) in [6, 6.07) is 0.366. The third-order valence-corrected chi connectivity index (χ3v) is 7.12. The molecular formula is C15H25NO3S. The van der Waals surface area contributed by atoms with E-state index in [-0.39, 0.29) is 23.2 Å². The highest BCUT2D eigenvalue weighted by atomic mass is 32.2. The van der Waals surface area contributed by atoms with Crippen LogP contribution in [0.2, 0.25) is 0 Å². The van der Waals surface area contributed by atoms with Gasteiger partial charge in [-0.25, -0.2) is 8.42 Å². The van der Waals surface area contributed by atoms with Crippen molar-refractivity contribution in [2.75, 3.05) is 6.26 Å². The topological polar surface area (TPSA) is 54.5 Å². The average Bonchev–Trinajstić information content (AvgIpc) is 2.94. The summed E-state index contributed by atoms with van der Waals surface area (Å²) in [5, 5.41) is -0.226. The van der Waals surface area contributed by atoms with E-state index in [4.69, 9.17) is 0 Å². The lowest BCUT2D eigenvalue weighted by molar-refractivity contribution is -0.136. The minimum Gasteiger partial charge on any atom is -0.337 e. The number of piperidine rings is 1. The highest BCUT2D eigenvalue weighted by Crippen LogP contribution is 2.39. The van der Waals surface area contributed by atoms with Crippen LogP contribution in [0, 0.1) is 5.92 Å². The number of hydrogen-bond acceptors (Lipinski definition) is 3. The van der Waals surface area contributed by atoms with Crippen LogP contribution in [0.4, 0.5) is 0 Å². The Morgan fingerprint density at radius 3 is 2.10 bits per heavy atom. The number of carbonyl (C=O) groups excluding carboxylic acids is 1. The van der Waals surface area contributed by atoms with E-state index in [0.29, 0.717) is 25.2 Å². The van der Waals surface area contributed by atoms with E-state index in [9.17, 15) is 13.2 Å². The summed E-state index contributed by atoms with van der Waals surface area (Å²) in [7, 11) is -2.96. The zero-order chi connectivity index (χ0) is 14.3. The minimum absolute atomic E-state index is 0.183. The normalized spacial score (nSPS) is 34.6. The molecular weight excluding hydrogens is 274 g/mol. The molecule has 2 bridgehead atoms. The van der Waals surface area contributed by atoms with Gasteiger partial charge in [0.2, 0.25) is 5.91 Å². The van der Waals surface area contributed by atoms with Crippen LogP contribution >= 0.6 is 0 Å². The van der Waals surface area contributed by atoms with Crippen LogP contribution in [-0.2, 0) is 14.6 Å². The summed E-state index contributed by atoms with van der Waals surface area (Å²) >= 11 is 0. The molecule has 1 unspecified atom stereocenters. The fourth-order valence-electron chi connectivity index (χ4n) is 4.45. The molecule has 0 radical (unpaired) electrons. The molecule has 3 fully saturated rings. The first-order valence-corrected chi connectivity index (χ1v) is 9.90. The third kappa shape index (κ3) is 2.74. The third-order valence-electron chi connectivity index (χ3n) is 5.52. The second-order valence-corrected chi connectivity index (χ2v) is 9.29. The van der Waals surface area contributed by atoms with Crippen molar-refractivity contribution in [1.82, 2.24) is 4.90 Å². The molecule has 4 nitrogen and oxygen atoms in total.